The molecule has 6 heteroatoms. The van der Waals surface area contributed by atoms with Gasteiger partial charge in [-0.25, -0.2) is 0 Å². The number of furan rings is 1. The SMILES string of the molecule is O=C1CC(c2ccncc2)C2(CCN(C(=O)c3ccoc3)CC2)N1. The van der Waals surface area contributed by atoms with E-state index in [0.29, 0.717) is 25.1 Å². The van der Waals surface area contributed by atoms with Crippen LogP contribution >= 0.6 is 0 Å². The number of hydrogen-bond donors (Lipinski definition) is 1. The molecule has 0 aromatic carbocycles. The Morgan fingerprint density at radius 2 is 2.00 bits per heavy atom. The van der Waals surface area contributed by atoms with Crippen LogP contribution in [0.4, 0.5) is 0 Å². The largest absolute Gasteiger partial charge is 0.472 e. The quantitative estimate of drug-likeness (QED) is 0.916. The summed E-state index contributed by atoms with van der Waals surface area (Å²) < 4.78 is 5.00. The van der Waals surface area contributed by atoms with E-state index in [1.165, 1.54) is 12.5 Å². The van der Waals surface area contributed by atoms with Crippen LogP contribution in [0, 0.1) is 0 Å². The predicted octanol–water partition coefficient (Wildman–Crippen LogP) is 1.95. The van der Waals surface area contributed by atoms with E-state index in [-0.39, 0.29) is 23.3 Å². The number of rotatable bonds is 2. The molecule has 124 valence electrons. The first-order valence-electron chi connectivity index (χ1n) is 8.20. The smallest absolute Gasteiger partial charge is 0.257 e. The molecule has 4 rings (SSSR count). The summed E-state index contributed by atoms with van der Waals surface area (Å²) in [5.41, 5.74) is 1.45. The van der Waals surface area contributed by atoms with E-state index in [0.717, 1.165) is 18.4 Å². The number of piperidine rings is 1. The van der Waals surface area contributed by atoms with Gasteiger partial charge in [-0.2, -0.15) is 0 Å². The standard InChI is InChI=1S/C18H19N3O3/c22-16-11-15(13-1-6-19-7-2-13)18(20-16)4-8-21(9-5-18)17(23)14-3-10-24-12-14/h1-3,6-7,10,12,15H,4-5,8-9,11H2,(H,20,22). The van der Waals surface area contributed by atoms with Crippen molar-refractivity contribution < 1.29 is 14.0 Å². The molecule has 0 saturated carbocycles. The normalized spacial score (nSPS) is 22.6. The van der Waals surface area contributed by atoms with Crippen molar-refractivity contribution in [2.45, 2.75) is 30.7 Å². The van der Waals surface area contributed by atoms with Crippen molar-refractivity contribution >= 4 is 11.8 Å². The highest BCUT2D eigenvalue weighted by atomic mass is 16.3. The van der Waals surface area contributed by atoms with Crippen LogP contribution in [0.15, 0.2) is 47.5 Å². The lowest BCUT2D eigenvalue weighted by Crippen LogP contribution is -2.54. The minimum Gasteiger partial charge on any atom is -0.472 e. The Morgan fingerprint density at radius 1 is 1.25 bits per heavy atom. The Bertz CT molecular complexity index is 734. The lowest BCUT2D eigenvalue weighted by atomic mass is 9.74. The number of likely N-dealkylation sites (tertiary alicyclic amines) is 1. The van der Waals surface area contributed by atoms with E-state index < -0.39 is 0 Å². The van der Waals surface area contributed by atoms with E-state index in [2.05, 4.69) is 10.3 Å². The van der Waals surface area contributed by atoms with Gasteiger partial charge in [-0.05, 0) is 36.6 Å². The molecule has 2 aromatic heterocycles. The highest BCUT2D eigenvalue weighted by molar-refractivity contribution is 5.94. The zero-order valence-electron chi connectivity index (χ0n) is 13.3. The summed E-state index contributed by atoms with van der Waals surface area (Å²) in [6.07, 6.45) is 8.54. The molecule has 1 spiro atoms. The first kappa shape index (κ1) is 14.9. The Kier molecular flexibility index (Phi) is 3.59. The number of nitrogens with zero attached hydrogens (tertiary/aromatic N) is 2. The number of carbonyl (C=O) groups excluding carboxylic acids is 2. The van der Waals surface area contributed by atoms with Crippen molar-refractivity contribution in [1.82, 2.24) is 15.2 Å². The summed E-state index contributed by atoms with van der Waals surface area (Å²) in [6, 6.07) is 5.65. The highest BCUT2D eigenvalue weighted by Crippen LogP contribution is 2.43. The third-order valence-corrected chi connectivity index (χ3v) is 5.26. The van der Waals surface area contributed by atoms with Crippen molar-refractivity contribution in [2.24, 2.45) is 0 Å². The van der Waals surface area contributed by atoms with Gasteiger partial charge in [-0.15, -0.1) is 0 Å². The van der Waals surface area contributed by atoms with Crippen LogP contribution in [0.2, 0.25) is 0 Å². The van der Waals surface area contributed by atoms with Gasteiger partial charge in [-0.3, -0.25) is 14.6 Å². The van der Waals surface area contributed by atoms with E-state index in [9.17, 15) is 9.59 Å². The number of amides is 2. The van der Waals surface area contributed by atoms with E-state index in [1.807, 2.05) is 17.0 Å². The van der Waals surface area contributed by atoms with Gasteiger partial charge in [0.05, 0.1) is 17.4 Å². The Balaban J connectivity index is 1.52. The predicted molar refractivity (Wildman–Crippen MR) is 86.3 cm³/mol. The van der Waals surface area contributed by atoms with Gasteiger partial charge < -0.3 is 14.6 Å². The van der Waals surface area contributed by atoms with Crippen molar-refractivity contribution in [3.05, 3.63) is 54.2 Å². The summed E-state index contributed by atoms with van der Waals surface area (Å²) in [5.74, 6) is 0.217. The van der Waals surface area contributed by atoms with Crippen molar-refractivity contribution in [3.63, 3.8) is 0 Å². The average Bonchev–Trinajstić information content (AvgIpc) is 3.24. The first-order chi connectivity index (χ1) is 11.7. The second-order valence-corrected chi connectivity index (χ2v) is 6.55. The molecule has 2 fully saturated rings. The minimum absolute atomic E-state index is 0.0108. The number of carbonyl (C=O) groups is 2. The Labute approximate surface area is 139 Å². The molecule has 1 N–H and O–H groups in total. The fourth-order valence-corrected chi connectivity index (χ4v) is 3.98. The van der Waals surface area contributed by atoms with E-state index >= 15 is 0 Å². The van der Waals surface area contributed by atoms with E-state index in [1.54, 1.807) is 18.5 Å². The lowest BCUT2D eigenvalue weighted by molar-refractivity contribution is -0.120. The summed E-state index contributed by atoms with van der Waals surface area (Å²) in [4.78, 5) is 30.4. The molecular formula is C18H19N3O3. The number of hydrogen-bond acceptors (Lipinski definition) is 4. The van der Waals surface area contributed by atoms with Gasteiger partial charge in [0, 0.05) is 37.8 Å². The molecule has 0 radical (unpaired) electrons. The molecular weight excluding hydrogens is 306 g/mol. The Hall–Kier alpha value is -2.63. The average molecular weight is 325 g/mol. The van der Waals surface area contributed by atoms with E-state index in [4.69, 9.17) is 4.42 Å². The van der Waals surface area contributed by atoms with Gasteiger partial charge in [0.1, 0.15) is 6.26 Å². The zero-order chi connectivity index (χ0) is 16.6. The fraction of sp³-hybridized carbons (Fsp3) is 0.389. The number of aromatic nitrogens is 1. The molecule has 4 heterocycles. The van der Waals surface area contributed by atoms with Crippen molar-refractivity contribution in [2.75, 3.05) is 13.1 Å². The molecule has 2 saturated heterocycles. The van der Waals surface area contributed by atoms with Crippen LogP contribution in [-0.4, -0.2) is 40.3 Å². The van der Waals surface area contributed by atoms with Crippen LogP contribution in [0.1, 0.15) is 41.1 Å². The van der Waals surface area contributed by atoms with Crippen LogP contribution in [-0.2, 0) is 4.79 Å². The maximum atomic E-state index is 12.5. The second-order valence-electron chi connectivity index (χ2n) is 6.55. The van der Waals surface area contributed by atoms with Crippen molar-refractivity contribution in [3.8, 4) is 0 Å². The maximum Gasteiger partial charge on any atom is 0.257 e. The molecule has 1 unspecified atom stereocenters. The summed E-state index contributed by atoms with van der Waals surface area (Å²) >= 11 is 0. The first-order valence-corrected chi connectivity index (χ1v) is 8.20. The topological polar surface area (TPSA) is 75.4 Å². The minimum atomic E-state index is -0.258. The molecule has 1 atom stereocenters. The van der Waals surface area contributed by atoms with Crippen LogP contribution < -0.4 is 5.32 Å². The molecule has 2 amide bonds. The van der Waals surface area contributed by atoms with Gasteiger partial charge >= 0.3 is 0 Å². The van der Waals surface area contributed by atoms with Crippen LogP contribution in [0.3, 0.4) is 0 Å². The third kappa shape index (κ3) is 2.48. The van der Waals surface area contributed by atoms with Crippen molar-refractivity contribution in [1.29, 1.82) is 0 Å². The summed E-state index contributed by atoms with van der Waals surface area (Å²) in [6.45, 7) is 1.26. The van der Waals surface area contributed by atoms with Gasteiger partial charge in [0.15, 0.2) is 0 Å². The van der Waals surface area contributed by atoms with Crippen LogP contribution in [0.5, 0.6) is 0 Å². The Morgan fingerprint density at radius 3 is 2.67 bits per heavy atom. The van der Waals surface area contributed by atoms with Gasteiger partial charge in [0.25, 0.3) is 5.91 Å². The second kappa shape index (κ2) is 5.78. The summed E-state index contributed by atoms with van der Waals surface area (Å²) in [7, 11) is 0. The molecule has 6 nitrogen and oxygen atoms in total. The molecule has 24 heavy (non-hydrogen) atoms. The lowest BCUT2D eigenvalue weighted by Gasteiger charge is -2.42. The van der Waals surface area contributed by atoms with Gasteiger partial charge in [-0.1, -0.05) is 0 Å². The molecule has 2 aliphatic rings. The molecule has 2 aromatic rings. The van der Waals surface area contributed by atoms with Gasteiger partial charge in [0.2, 0.25) is 5.91 Å². The summed E-state index contributed by atoms with van der Waals surface area (Å²) in [5, 5.41) is 3.20. The monoisotopic (exact) mass is 325 g/mol. The molecule has 0 bridgehead atoms. The highest BCUT2D eigenvalue weighted by Gasteiger charge is 2.49. The molecule has 2 aliphatic heterocycles. The van der Waals surface area contributed by atoms with Crippen LogP contribution in [0.25, 0.3) is 0 Å². The molecule has 0 aliphatic carbocycles. The fourth-order valence-electron chi connectivity index (χ4n) is 3.98. The number of pyridine rings is 1. The number of nitrogens with one attached hydrogen (secondary N) is 1. The maximum absolute atomic E-state index is 12.5. The third-order valence-electron chi connectivity index (χ3n) is 5.26. The zero-order valence-corrected chi connectivity index (χ0v) is 13.3.